The van der Waals surface area contributed by atoms with Gasteiger partial charge in [-0.15, -0.1) is 0 Å². The number of aromatic amines is 1. The first-order chi connectivity index (χ1) is 11.5. The summed E-state index contributed by atoms with van der Waals surface area (Å²) in [5.41, 5.74) is 0.740. The molecule has 0 atom stereocenters. The van der Waals surface area contributed by atoms with E-state index in [-0.39, 0.29) is 17.4 Å². The van der Waals surface area contributed by atoms with Crippen LogP contribution in [0.25, 0.3) is 0 Å². The van der Waals surface area contributed by atoms with Crippen LogP contribution in [0.1, 0.15) is 16.1 Å². The lowest BCUT2D eigenvalue weighted by molar-refractivity contribution is -0.118. The minimum atomic E-state index is -1.12. The molecule has 2 aromatic rings. The molecule has 8 nitrogen and oxygen atoms in total. The van der Waals surface area contributed by atoms with Crippen molar-refractivity contribution in [2.75, 3.05) is 20.0 Å². The number of ether oxygens (including phenoxy) is 2. The number of benzene rings is 1. The Morgan fingerprint density at radius 2 is 2.12 bits per heavy atom. The Morgan fingerprint density at radius 1 is 1.33 bits per heavy atom. The molecule has 0 spiro atoms. The van der Waals surface area contributed by atoms with Crippen molar-refractivity contribution in [2.45, 2.75) is 11.7 Å². The zero-order chi connectivity index (χ0) is 17.5. The number of nitrogens with zero attached hydrogens (tertiary/aromatic N) is 1. The molecule has 2 rings (SSSR count). The molecule has 0 fully saturated rings. The molecule has 0 aliphatic heterocycles. The lowest BCUT2D eigenvalue weighted by atomic mass is 10.2. The molecule has 0 aliphatic rings. The average Bonchev–Trinajstić information content (AvgIpc) is 3.07. The van der Waals surface area contributed by atoms with E-state index >= 15 is 0 Å². The first kappa shape index (κ1) is 17.7. The first-order valence-electron chi connectivity index (χ1n) is 6.92. The van der Waals surface area contributed by atoms with Crippen molar-refractivity contribution in [3.05, 3.63) is 35.7 Å². The van der Waals surface area contributed by atoms with Gasteiger partial charge in [-0.25, -0.2) is 9.78 Å². The Kier molecular flexibility index (Phi) is 6.07. The van der Waals surface area contributed by atoms with Crippen LogP contribution in [0, 0.1) is 0 Å². The summed E-state index contributed by atoms with van der Waals surface area (Å²) in [5, 5.41) is 11.9. The van der Waals surface area contributed by atoms with E-state index in [0.717, 1.165) is 17.3 Å². The van der Waals surface area contributed by atoms with Crippen LogP contribution < -0.4 is 14.8 Å². The summed E-state index contributed by atoms with van der Waals surface area (Å²) in [6, 6.07) is 5.35. The topological polar surface area (TPSA) is 114 Å². The molecule has 1 heterocycles. The van der Waals surface area contributed by atoms with E-state index in [1.54, 1.807) is 26.4 Å². The van der Waals surface area contributed by atoms with Gasteiger partial charge in [0.05, 0.1) is 20.0 Å². The van der Waals surface area contributed by atoms with Gasteiger partial charge >= 0.3 is 5.97 Å². The number of aromatic carboxylic acids is 1. The van der Waals surface area contributed by atoms with Crippen molar-refractivity contribution in [3.63, 3.8) is 0 Å². The Hall–Kier alpha value is -2.68. The number of nitrogens with one attached hydrogen (secondary N) is 2. The van der Waals surface area contributed by atoms with Crippen molar-refractivity contribution in [3.8, 4) is 11.5 Å². The molecule has 1 aromatic heterocycles. The van der Waals surface area contributed by atoms with Gasteiger partial charge in [-0.05, 0) is 12.1 Å². The highest BCUT2D eigenvalue weighted by atomic mass is 32.2. The zero-order valence-corrected chi connectivity index (χ0v) is 14.0. The summed E-state index contributed by atoms with van der Waals surface area (Å²) in [4.78, 5) is 29.2. The quantitative estimate of drug-likeness (QED) is 0.618. The molecule has 0 saturated heterocycles. The number of thioether (sulfide) groups is 1. The minimum Gasteiger partial charge on any atom is -0.497 e. The molecule has 0 bridgehead atoms. The van der Waals surface area contributed by atoms with Crippen LogP contribution in [0.2, 0.25) is 0 Å². The van der Waals surface area contributed by atoms with E-state index in [0.29, 0.717) is 23.2 Å². The molecule has 1 amide bonds. The molecule has 3 N–H and O–H groups in total. The molecule has 128 valence electrons. The van der Waals surface area contributed by atoms with Gasteiger partial charge in [-0.2, -0.15) is 0 Å². The van der Waals surface area contributed by atoms with E-state index in [4.69, 9.17) is 14.6 Å². The smallest absolute Gasteiger partial charge is 0.356 e. The number of carboxylic acids is 1. The highest BCUT2D eigenvalue weighted by molar-refractivity contribution is 7.99. The van der Waals surface area contributed by atoms with E-state index < -0.39 is 5.97 Å². The van der Waals surface area contributed by atoms with Crippen molar-refractivity contribution >= 4 is 23.6 Å². The van der Waals surface area contributed by atoms with Crippen LogP contribution in [0.3, 0.4) is 0 Å². The van der Waals surface area contributed by atoms with Crippen LogP contribution in [0.15, 0.2) is 29.6 Å². The van der Waals surface area contributed by atoms with Crippen LogP contribution in [-0.4, -0.2) is 46.9 Å². The average molecular weight is 351 g/mol. The summed E-state index contributed by atoms with van der Waals surface area (Å²) < 4.78 is 10.4. The van der Waals surface area contributed by atoms with Crippen LogP contribution in [0.4, 0.5) is 0 Å². The molecular weight excluding hydrogens is 334 g/mol. The second-order valence-corrected chi connectivity index (χ2v) is 5.60. The summed E-state index contributed by atoms with van der Waals surface area (Å²) in [6.07, 6.45) is 1.28. The second-order valence-electron chi connectivity index (χ2n) is 4.64. The predicted octanol–water partition coefficient (Wildman–Crippen LogP) is 1.53. The van der Waals surface area contributed by atoms with Gasteiger partial charge in [0.2, 0.25) is 5.91 Å². The third kappa shape index (κ3) is 4.66. The maximum absolute atomic E-state index is 11.9. The van der Waals surface area contributed by atoms with Crippen LogP contribution in [0.5, 0.6) is 11.5 Å². The summed E-state index contributed by atoms with van der Waals surface area (Å²) >= 11 is 1.12. The predicted molar refractivity (Wildman–Crippen MR) is 87.7 cm³/mol. The molecule has 0 unspecified atom stereocenters. The summed E-state index contributed by atoms with van der Waals surface area (Å²) in [5.74, 6) is 0.0923. The van der Waals surface area contributed by atoms with Gasteiger partial charge in [0.15, 0.2) is 10.9 Å². The van der Waals surface area contributed by atoms with Gasteiger partial charge in [0, 0.05) is 24.4 Å². The fourth-order valence-electron chi connectivity index (χ4n) is 1.86. The Morgan fingerprint density at radius 3 is 2.75 bits per heavy atom. The number of carboxylic acid groups (broad SMARTS) is 1. The number of rotatable bonds is 8. The van der Waals surface area contributed by atoms with Crippen LogP contribution in [-0.2, 0) is 11.3 Å². The molecule has 0 saturated carbocycles. The zero-order valence-electron chi connectivity index (χ0n) is 13.2. The van der Waals surface area contributed by atoms with Gasteiger partial charge in [0.25, 0.3) is 0 Å². The van der Waals surface area contributed by atoms with Gasteiger partial charge in [-0.3, -0.25) is 4.79 Å². The number of carbonyl (C=O) groups is 2. The lowest BCUT2D eigenvalue weighted by Crippen LogP contribution is -2.24. The monoisotopic (exact) mass is 351 g/mol. The summed E-state index contributed by atoms with van der Waals surface area (Å²) in [6.45, 7) is 0.311. The van der Waals surface area contributed by atoms with E-state index in [2.05, 4.69) is 15.3 Å². The van der Waals surface area contributed by atoms with Crippen molar-refractivity contribution in [1.29, 1.82) is 0 Å². The molecule has 1 aromatic carbocycles. The molecule has 24 heavy (non-hydrogen) atoms. The first-order valence-corrected chi connectivity index (χ1v) is 7.91. The van der Waals surface area contributed by atoms with Crippen molar-refractivity contribution < 1.29 is 24.2 Å². The minimum absolute atomic E-state index is 0.0825. The maximum atomic E-state index is 11.9. The number of imidazole rings is 1. The number of H-pyrrole nitrogens is 1. The Bertz CT molecular complexity index is 732. The van der Waals surface area contributed by atoms with Crippen molar-refractivity contribution in [2.24, 2.45) is 0 Å². The van der Waals surface area contributed by atoms with E-state index in [9.17, 15) is 9.59 Å². The number of amides is 1. The Balaban J connectivity index is 1.85. The van der Waals surface area contributed by atoms with E-state index in [1.807, 2.05) is 6.07 Å². The van der Waals surface area contributed by atoms with E-state index in [1.165, 1.54) is 6.20 Å². The fraction of sp³-hybridized carbons (Fsp3) is 0.267. The lowest BCUT2D eigenvalue weighted by Gasteiger charge is -2.11. The number of methoxy groups -OCH3 is 2. The van der Waals surface area contributed by atoms with Crippen molar-refractivity contribution in [1.82, 2.24) is 15.3 Å². The van der Waals surface area contributed by atoms with Gasteiger partial charge < -0.3 is 24.9 Å². The number of carbonyl (C=O) groups excluding carboxylic acids is 1. The maximum Gasteiger partial charge on any atom is 0.356 e. The SMILES string of the molecule is COc1ccc(CNC(=O)CSc2nc(C(=O)O)c[nH]2)c(OC)c1. The third-order valence-corrected chi connectivity index (χ3v) is 3.97. The third-order valence-electron chi connectivity index (χ3n) is 3.08. The normalized spacial score (nSPS) is 10.2. The fourth-order valence-corrected chi connectivity index (χ4v) is 2.54. The van der Waals surface area contributed by atoms with Gasteiger partial charge in [-0.1, -0.05) is 11.8 Å². The molecule has 0 aliphatic carbocycles. The van der Waals surface area contributed by atoms with Crippen LogP contribution >= 0.6 is 11.8 Å². The Labute approximate surface area is 142 Å². The number of hydrogen-bond donors (Lipinski definition) is 3. The number of aromatic nitrogens is 2. The largest absolute Gasteiger partial charge is 0.497 e. The highest BCUT2D eigenvalue weighted by Crippen LogP contribution is 2.24. The van der Waals surface area contributed by atoms with Gasteiger partial charge in [0.1, 0.15) is 11.5 Å². The standard InChI is InChI=1S/C15H17N3O5S/c1-22-10-4-3-9(12(5-10)23-2)6-16-13(19)8-24-15-17-7-11(18-15)14(20)21/h3-5,7H,6,8H2,1-2H3,(H,16,19)(H,17,18)(H,20,21). The molecule has 9 heteroatoms. The number of hydrogen-bond acceptors (Lipinski definition) is 6. The second kappa shape index (κ2) is 8.25. The summed E-state index contributed by atoms with van der Waals surface area (Å²) in [7, 11) is 3.12. The highest BCUT2D eigenvalue weighted by Gasteiger charge is 2.11. The molecular formula is C15H17N3O5S. The molecule has 0 radical (unpaired) electrons.